The van der Waals surface area contributed by atoms with Crippen LogP contribution >= 0.6 is 23.1 Å². The van der Waals surface area contributed by atoms with Crippen LogP contribution < -0.4 is 0 Å². The maximum Gasteiger partial charge on any atom is 0.345 e. The number of carboxylic acids is 1. The third kappa shape index (κ3) is 3.10. The molecule has 0 unspecified atom stereocenters. The second kappa shape index (κ2) is 5.37. The van der Waals surface area contributed by atoms with Crippen molar-refractivity contribution in [1.82, 2.24) is 9.55 Å². The van der Waals surface area contributed by atoms with Crippen LogP contribution in [-0.2, 0) is 13.5 Å². The summed E-state index contributed by atoms with van der Waals surface area (Å²) < 4.78 is 2.00. The van der Waals surface area contributed by atoms with Crippen LogP contribution in [0, 0.1) is 0 Å². The zero-order valence-corrected chi connectivity index (χ0v) is 10.9. The molecular weight excluding hydrogens is 256 g/mol. The molecule has 1 N–H and O–H groups in total. The Bertz CT molecular complexity index is 519. The number of carbonyl (C=O) groups is 1. The van der Waals surface area contributed by atoms with E-state index in [0.717, 1.165) is 22.9 Å². The van der Waals surface area contributed by atoms with E-state index in [2.05, 4.69) is 4.98 Å². The Hall–Kier alpha value is -1.27. The molecule has 0 aliphatic rings. The van der Waals surface area contributed by atoms with E-state index in [0.29, 0.717) is 4.88 Å². The van der Waals surface area contributed by atoms with Crippen molar-refractivity contribution in [2.45, 2.75) is 11.3 Å². The van der Waals surface area contributed by atoms with Crippen LogP contribution in [0.25, 0.3) is 0 Å². The maximum atomic E-state index is 10.7. The Morgan fingerprint density at radius 3 is 3.06 bits per heavy atom. The highest BCUT2D eigenvalue weighted by Crippen LogP contribution is 2.25. The van der Waals surface area contributed by atoms with Gasteiger partial charge in [0, 0.05) is 41.9 Å². The van der Waals surface area contributed by atoms with Gasteiger partial charge in [-0.15, -0.1) is 23.1 Å². The molecular formula is C11H12N2O2S2. The quantitative estimate of drug-likeness (QED) is 0.847. The second-order valence-corrected chi connectivity index (χ2v) is 5.58. The van der Waals surface area contributed by atoms with E-state index in [1.165, 1.54) is 11.3 Å². The lowest BCUT2D eigenvalue weighted by Crippen LogP contribution is -1.98. The van der Waals surface area contributed by atoms with Gasteiger partial charge < -0.3 is 9.67 Å². The molecule has 0 saturated heterocycles. The molecule has 17 heavy (non-hydrogen) atoms. The molecule has 0 aliphatic carbocycles. The van der Waals surface area contributed by atoms with Gasteiger partial charge in [-0.1, -0.05) is 0 Å². The molecule has 4 nitrogen and oxygen atoms in total. The summed E-state index contributed by atoms with van der Waals surface area (Å²) in [4.78, 5) is 16.4. The van der Waals surface area contributed by atoms with Crippen molar-refractivity contribution in [3.05, 3.63) is 34.5 Å². The maximum absolute atomic E-state index is 10.7. The van der Waals surface area contributed by atoms with Gasteiger partial charge in [0.2, 0.25) is 0 Å². The fourth-order valence-electron chi connectivity index (χ4n) is 1.40. The lowest BCUT2D eigenvalue weighted by molar-refractivity contribution is 0.0702. The predicted octanol–water partition coefficient (Wildman–Crippen LogP) is 2.51. The molecule has 2 rings (SSSR count). The number of imidazole rings is 1. The SMILES string of the molecule is Cn1ccnc1CCSc1csc(C(=O)O)c1. The van der Waals surface area contributed by atoms with Crippen molar-refractivity contribution in [2.75, 3.05) is 5.75 Å². The van der Waals surface area contributed by atoms with Gasteiger partial charge >= 0.3 is 5.97 Å². The third-order valence-electron chi connectivity index (χ3n) is 2.30. The molecule has 90 valence electrons. The molecule has 0 bridgehead atoms. The topological polar surface area (TPSA) is 55.1 Å². The molecule has 0 radical (unpaired) electrons. The number of aryl methyl sites for hydroxylation is 2. The third-order valence-corrected chi connectivity index (χ3v) is 4.35. The number of hydrogen-bond donors (Lipinski definition) is 1. The fourth-order valence-corrected chi connectivity index (χ4v) is 3.22. The van der Waals surface area contributed by atoms with E-state index in [-0.39, 0.29) is 0 Å². The van der Waals surface area contributed by atoms with Crippen molar-refractivity contribution in [3.63, 3.8) is 0 Å². The fraction of sp³-hybridized carbons (Fsp3) is 0.273. The first kappa shape index (κ1) is 12.2. The molecule has 6 heteroatoms. The summed E-state index contributed by atoms with van der Waals surface area (Å²) in [6.45, 7) is 0. The smallest absolute Gasteiger partial charge is 0.345 e. The predicted molar refractivity (Wildman–Crippen MR) is 68.9 cm³/mol. The summed E-state index contributed by atoms with van der Waals surface area (Å²) in [5.41, 5.74) is 0. The first-order chi connectivity index (χ1) is 8.16. The van der Waals surface area contributed by atoms with E-state index in [4.69, 9.17) is 5.11 Å². The van der Waals surface area contributed by atoms with E-state index < -0.39 is 5.97 Å². The molecule has 2 heterocycles. The van der Waals surface area contributed by atoms with E-state index in [1.807, 2.05) is 23.2 Å². The molecule has 0 spiro atoms. The number of carboxylic acid groups (broad SMARTS) is 1. The van der Waals surface area contributed by atoms with Crippen LogP contribution in [0.15, 0.2) is 28.7 Å². The molecule has 0 atom stereocenters. The van der Waals surface area contributed by atoms with Crippen LogP contribution in [0.5, 0.6) is 0 Å². The van der Waals surface area contributed by atoms with Gasteiger partial charge in [-0.3, -0.25) is 0 Å². The van der Waals surface area contributed by atoms with Gasteiger partial charge in [0.25, 0.3) is 0 Å². The normalized spacial score (nSPS) is 10.6. The average molecular weight is 268 g/mol. The molecule has 0 aromatic carbocycles. The summed E-state index contributed by atoms with van der Waals surface area (Å²) >= 11 is 2.93. The van der Waals surface area contributed by atoms with Crippen LogP contribution in [0.4, 0.5) is 0 Å². The molecule has 0 saturated carbocycles. The highest BCUT2D eigenvalue weighted by Gasteiger charge is 2.07. The Labute approximate surface area is 107 Å². The lowest BCUT2D eigenvalue weighted by Gasteiger charge is -2.00. The van der Waals surface area contributed by atoms with Crippen molar-refractivity contribution < 1.29 is 9.90 Å². The van der Waals surface area contributed by atoms with E-state index >= 15 is 0 Å². The van der Waals surface area contributed by atoms with E-state index in [1.54, 1.807) is 24.0 Å². The summed E-state index contributed by atoms with van der Waals surface area (Å²) in [6, 6.07) is 1.72. The molecule has 0 fully saturated rings. The summed E-state index contributed by atoms with van der Waals surface area (Å²) in [6.07, 6.45) is 4.59. The number of thioether (sulfide) groups is 1. The molecule has 0 amide bonds. The lowest BCUT2D eigenvalue weighted by atomic mass is 10.4. The Kier molecular flexibility index (Phi) is 3.86. The van der Waals surface area contributed by atoms with Crippen molar-refractivity contribution in [3.8, 4) is 0 Å². The molecule has 0 aliphatic heterocycles. The standard InChI is InChI=1S/C11H12N2O2S2/c1-13-4-3-12-10(13)2-5-16-8-6-9(11(14)15)17-7-8/h3-4,6-7H,2,5H2,1H3,(H,14,15). The van der Waals surface area contributed by atoms with Gasteiger partial charge in [0.05, 0.1) is 0 Å². The second-order valence-electron chi connectivity index (χ2n) is 3.50. The number of thiophene rings is 1. The van der Waals surface area contributed by atoms with Crippen LogP contribution in [0.1, 0.15) is 15.5 Å². The molecule has 2 aromatic rings. The van der Waals surface area contributed by atoms with Gasteiger partial charge in [-0.2, -0.15) is 0 Å². The van der Waals surface area contributed by atoms with Gasteiger partial charge in [-0.25, -0.2) is 9.78 Å². The van der Waals surface area contributed by atoms with Crippen molar-refractivity contribution >= 4 is 29.1 Å². The van der Waals surface area contributed by atoms with Gasteiger partial charge in [0.15, 0.2) is 0 Å². The molecule has 2 aromatic heterocycles. The van der Waals surface area contributed by atoms with E-state index in [9.17, 15) is 4.79 Å². The largest absolute Gasteiger partial charge is 0.477 e. The van der Waals surface area contributed by atoms with Crippen LogP contribution in [0.3, 0.4) is 0 Å². The minimum absolute atomic E-state index is 0.393. The van der Waals surface area contributed by atoms with Gasteiger partial charge in [0.1, 0.15) is 10.7 Å². The number of nitrogens with zero attached hydrogens (tertiary/aromatic N) is 2. The highest BCUT2D eigenvalue weighted by molar-refractivity contribution is 7.99. The first-order valence-corrected chi connectivity index (χ1v) is 6.94. The van der Waals surface area contributed by atoms with Crippen molar-refractivity contribution in [1.29, 1.82) is 0 Å². The Morgan fingerprint density at radius 2 is 2.47 bits per heavy atom. The Morgan fingerprint density at radius 1 is 1.65 bits per heavy atom. The zero-order valence-electron chi connectivity index (χ0n) is 9.29. The van der Waals surface area contributed by atoms with Crippen molar-refractivity contribution in [2.24, 2.45) is 7.05 Å². The first-order valence-electron chi connectivity index (χ1n) is 5.07. The summed E-state index contributed by atoms with van der Waals surface area (Å²) in [5.74, 6) is 1.10. The summed E-state index contributed by atoms with van der Waals surface area (Å²) in [7, 11) is 1.97. The average Bonchev–Trinajstić information content (AvgIpc) is 2.89. The monoisotopic (exact) mass is 268 g/mol. The number of aromatic nitrogens is 2. The number of rotatable bonds is 5. The number of hydrogen-bond acceptors (Lipinski definition) is 4. The van der Waals surface area contributed by atoms with Crippen LogP contribution in [-0.4, -0.2) is 26.4 Å². The minimum atomic E-state index is -0.856. The zero-order chi connectivity index (χ0) is 12.3. The minimum Gasteiger partial charge on any atom is -0.477 e. The Balaban J connectivity index is 1.86. The number of aromatic carboxylic acids is 1. The van der Waals surface area contributed by atoms with Gasteiger partial charge in [-0.05, 0) is 6.07 Å². The highest BCUT2D eigenvalue weighted by atomic mass is 32.2. The summed E-state index contributed by atoms with van der Waals surface area (Å²) in [5, 5.41) is 10.7. The van der Waals surface area contributed by atoms with Crippen LogP contribution in [0.2, 0.25) is 0 Å².